The number of hydrogen-bond donors (Lipinski definition) is 1. The molecule has 0 saturated heterocycles. The molecule has 0 bridgehead atoms. The van der Waals surface area contributed by atoms with E-state index >= 15 is 0 Å². The molecule has 1 aliphatic heterocycles. The van der Waals surface area contributed by atoms with Crippen LogP contribution in [-0.2, 0) is 9.59 Å². The largest absolute Gasteiger partial charge is 0.497 e. The number of ether oxygens (including phenoxy) is 1. The first kappa shape index (κ1) is 19.8. The highest BCUT2D eigenvalue weighted by atomic mass is 35.5. The Morgan fingerprint density at radius 1 is 1.32 bits per heavy atom. The zero-order chi connectivity index (χ0) is 20.3. The molecular formula is C18H14ClN3O5S. The van der Waals surface area contributed by atoms with Crippen molar-refractivity contribution in [2.24, 2.45) is 4.99 Å². The Balaban J connectivity index is 1.65. The molecule has 1 atom stereocenters. The summed E-state index contributed by atoms with van der Waals surface area (Å²) < 4.78 is 5.10. The summed E-state index contributed by atoms with van der Waals surface area (Å²) in [5, 5.41) is 13.4. The molecule has 0 radical (unpaired) electrons. The molecule has 144 valence electrons. The van der Waals surface area contributed by atoms with Gasteiger partial charge in [0.1, 0.15) is 16.0 Å². The van der Waals surface area contributed by atoms with Gasteiger partial charge in [-0.3, -0.25) is 19.7 Å². The van der Waals surface area contributed by atoms with Gasteiger partial charge in [0, 0.05) is 24.1 Å². The van der Waals surface area contributed by atoms with E-state index in [1.165, 1.54) is 30.0 Å². The molecular weight excluding hydrogens is 406 g/mol. The molecule has 0 aromatic heterocycles. The van der Waals surface area contributed by atoms with Crippen LogP contribution in [-0.4, -0.2) is 34.1 Å². The van der Waals surface area contributed by atoms with Gasteiger partial charge in [-0.15, -0.1) is 0 Å². The van der Waals surface area contributed by atoms with Crippen LogP contribution in [0.15, 0.2) is 47.5 Å². The molecule has 0 saturated carbocycles. The molecule has 28 heavy (non-hydrogen) atoms. The number of nitro groups is 1. The van der Waals surface area contributed by atoms with Gasteiger partial charge in [0.2, 0.25) is 5.91 Å². The lowest BCUT2D eigenvalue weighted by atomic mass is 10.2. The summed E-state index contributed by atoms with van der Waals surface area (Å²) in [4.78, 5) is 38.7. The minimum atomic E-state index is -0.672. The Morgan fingerprint density at radius 3 is 2.68 bits per heavy atom. The van der Waals surface area contributed by atoms with Crippen LogP contribution in [0.4, 0.5) is 11.4 Å². The summed E-state index contributed by atoms with van der Waals surface area (Å²) in [5.74, 6) is -0.209. The number of carbonyl (C=O) groups excluding carboxylic acids is 2. The summed E-state index contributed by atoms with van der Waals surface area (Å²) in [6, 6.07) is 10.8. The summed E-state index contributed by atoms with van der Waals surface area (Å²) in [6.45, 7) is 0. The summed E-state index contributed by atoms with van der Waals surface area (Å²) in [7, 11) is 1.56. The Hall–Kier alpha value is -2.91. The maximum atomic E-state index is 12.3. The number of nitrogens with zero attached hydrogens (tertiary/aromatic N) is 2. The van der Waals surface area contributed by atoms with Crippen LogP contribution in [0.25, 0.3) is 0 Å². The minimum absolute atomic E-state index is 0.118. The Morgan fingerprint density at radius 2 is 2.04 bits per heavy atom. The fourth-order valence-corrected chi connectivity index (χ4v) is 3.71. The standard InChI is InChI=1S/C18H14ClN3O5S/c1-27-12-5-2-10(3-6-12)18-21-17(24)15(28-18)9-16(23)20-14-8-11(22(25)26)4-7-13(14)19/h2-8,15H,9H2,1H3,(H,20,23)/t15-/m0/s1. The van der Waals surface area contributed by atoms with E-state index in [-0.39, 0.29) is 22.8 Å². The molecule has 1 aliphatic rings. The van der Waals surface area contributed by atoms with Crippen molar-refractivity contribution in [3.05, 3.63) is 63.2 Å². The van der Waals surface area contributed by atoms with E-state index in [0.717, 1.165) is 5.56 Å². The second kappa shape index (κ2) is 8.41. The van der Waals surface area contributed by atoms with Crippen molar-refractivity contribution in [2.45, 2.75) is 11.7 Å². The van der Waals surface area contributed by atoms with Crippen LogP contribution in [0.3, 0.4) is 0 Å². The molecule has 2 amide bonds. The van der Waals surface area contributed by atoms with E-state index in [1.807, 2.05) is 0 Å². The van der Waals surface area contributed by atoms with Gasteiger partial charge >= 0.3 is 0 Å². The second-order valence-electron chi connectivity index (χ2n) is 5.76. The van der Waals surface area contributed by atoms with Crippen molar-refractivity contribution in [3.63, 3.8) is 0 Å². The van der Waals surface area contributed by atoms with Crippen LogP contribution in [0.5, 0.6) is 5.75 Å². The van der Waals surface area contributed by atoms with Gasteiger partial charge in [-0.05, 0) is 30.3 Å². The summed E-state index contributed by atoms with van der Waals surface area (Å²) >= 11 is 7.17. The number of non-ortho nitro benzene ring substituents is 1. The van der Waals surface area contributed by atoms with Crippen molar-refractivity contribution < 1.29 is 19.2 Å². The summed E-state index contributed by atoms with van der Waals surface area (Å²) in [5.41, 5.74) is 0.674. The van der Waals surface area contributed by atoms with Gasteiger partial charge < -0.3 is 10.1 Å². The number of anilines is 1. The highest BCUT2D eigenvalue weighted by Gasteiger charge is 2.31. The third-order valence-electron chi connectivity index (χ3n) is 3.88. The van der Waals surface area contributed by atoms with Gasteiger partial charge in [-0.25, -0.2) is 4.99 Å². The van der Waals surface area contributed by atoms with Crippen LogP contribution in [0.2, 0.25) is 5.02 Å². The summed E-state index contributed by atoms with van der Waals surface area (Å²) in [6.07, 6.45) is -0.133. The Bertz CT molecular complexity index is 978. The lowest BCUT2D eigenvalue weighted by molar-refractivity contribution is -0.384. The Kier molecular flexibility index (Phi) is 5.96. The van der Waals surface area contributed by atoms with Crippen molar-refractivity contribution in [1.29, 1.82) is 0 Å². The predicted octanol–water partition coefficient (Wildman–Crippen LogP) is 3.67. The smallest absolute Gasteiger partial charge is 0.271 e. The highest BCUT2D eigenvalue weighted by Crippen LogP contribution is 2.31. The SMILES string of the molecule is COc1ccc(C2=NC(=O)[C@H](CC(=O)Nc3cc([N+](=O)[O-])ccc3Cl)S2)cc1. The average Bonchev–Trinajstić information content (AvgIpc) is 3.03. The van der Waals surface area contributed by atoms with E-state index < -0.39 is 22.0 Å². The number of rotatable bonds is 6. The lowest BCUT2D eigenvalue weighted by Crippen LogP contribution is -2.21. The normalized spacial score (nSPS) is 15.9. The molecule has 3 rings (SSSR count). The third-order valence-corrected chi connectivity index (χ3v) is 5.42. The molecule has 1 heterocycles. The molecule has 1 N–H and O–H groups in total. The number of carbonyl (C=O) groups is 2. The highest BCUT2D eigenvalue weighted by molar-refractivity contribution is 8.16. The van der Waals surface area contributed by atoms with Gasteiger partial charge in [0.05, 0.1) is 22.7 Å². The maximum absolute atomic E-state index is 12.3. The number of aliphatic imine (C=N–C) groups is 1. The number of methoxy groups -OCH3 is 1. The average molecular weight is 420 g/mol. The first-order valence-electron chi connectivity index (χ1n) is 8.05. The topological polar surface area (TPSA) is 111 Å². The fourth-order valence-electron chi connectivity index (χ4n) is 2.47. The predicted molar refractivity (Wildman–Crippen MR) is 107 cm³/mol. The van der Waals surface area contributed by atoms with Crippen molar-refractivity contribution >= 4 is 51.6 Å². The number of benzene rings is 2. The molecule has 2 aromatic rings. The molecule has 2 aromatic carbocycles. The zero-order valence-corrected chi connectivity index (χ0v) is 16.1. The van der Waals surface area contributed by atoms with Crippen molar-refractivity contribution in [2.75, 3.05) is 12.4 Å². The number of halogens is 1. The van der Waals surface area contributed by atoms with E-state index in [2.05, 4.69) is 10.3 Å². The van der Waals surface area contributed by atoms with Gasteiger partial charge in [0.25, 0.3) is 11.6 Å². The first-order chi connectivity index (χ1) is 13.4. The lowest BCUT2D eigenvalue weighted by Gasteiger charge is -2.10. The number of nitrogens with one attached hydrogen (secondary N) is 1. The van der Waals surface area contributed by atoms with Crippen LogP contribution < -0.4 is 10.1 Å². The van der Waals surface area contributed by atoms with Crippen molar-refractivity contribution in [1.82, 2.24) is 0 Å². The first-order valence-corrected chi connectivity index (χ1v) is 9.30. The van der Waals surface area contributed by atoms with Gasteiger partial charge in [-0.2, -0.15) is 0 Å². The monoisotopic (exact) mass is 419 g/mol. The third kappa shape index (κ3) is 4.49. The molecule has 0 fully saturated rings. The van der Waals surface area contributed by atoms with Gasteiger partial charge in [-0.1, -0.05) is 23.4 Å². The van der Waals surface area contributed by atoms with Crippen LogP contribution >= 0.6 is 23.4 Å². The van der Waals surface area contributed by atoms with E-state index in [9.17, 15) is 19.7 Å². The second-order valence-corrected chi connectivity index (χ2v) is 7.36. The number of hydrogen-bond acceptors (Lipinski definition) is 6. The number of amides is 2. The quantitative estimate of drug-likeness (QED) is 0.564. The zero-order valence-electron chi connectivity index (χ0n) is 14.5. The van der Waals surface area contributed by atoms with E-state index in [0.29, 0.717) is 10.8 Å². The van der Waals surface area contributed by atoms with E-state index in [1.54, 1.807) is 31.4 Å². The van der Waals surface area contributed by atoms with E-state index in [4.69, 9.17) is 16.3 Å². The van der Waals surface area contributed by atoms with Crippen LogP contribution in [0.1, 0.15) is 12.0 Å². The number of nitro benzene ring substituents is 1. The molecule has 0 spiro atoms. The van der Waals surface area contributed by atoms with Crippen molar-refractivity contribution in [3.8, 4) is 5.75 Å². The fraction of sp³-hybridized carbons (Fsp3) is 0.167. The molecule has 0 aliphatic carbocycles. The van der Waals surface area contributed by atoms with Crippen LogP contribution in [0, 0.1) is 10.1 Å². The van der Waals surface area contributed by atoms with Gasteiger partial charge in [0.15, 0.2) is 0 Å². The number of thioether (sulfide) groups is 1. The Labute approximate surface area is 169 Å². The molecule has 0 unspecified atom stereocenters. The molecule has 8 nitrogen and oxygen atoms in total. The molecule has 10 heteroatoms. The minimum Gasteiger partial charge on any atom is -0.497 e. The maximum Gasteiger partial charge on any atom is 0.271 e.